The first-order valence-electron chi connectivity index (χ1n) is 11.7. The van der Waals surface area contributed by atoms with E-state index in [1.54, 1.807) is 0 Å². The third-order valence-electron chi connectivity index (χ3n) is 5.18. The molecule has 0 spiro atoms. The van der Waals surface area contributed by atoms with Crippen LogP contribution >= 0.6 is 0 Å². The second-order valence-corrected chi connectivity index (χ2v) is 10.1. The first-order chi connectivity index (χ1) is 17.1. The number of carboxylic acids is 2. The number of aliphatic carboxylic acids is 2. The Bertz CT molecular complexity index is 949. The summed E-state index contributed by atoms with van der Waals surface area (Å²) in [6.07, 6.45) is 4.20. The first-order valence-corrected chi connectivity index (χ1v) is 13.2. The van der Waals surface area contributed by atoms with Crippen molar-refractivity contribution >= 4 is 45.9 Å². The van der Waals surface area contributed by atoms with Gasteiger partial charge >= 0.3 is 94.9 Å². The van der Waals surface area contributed by atoms with Gasteiger partial charge in [0, 0.05) is 6.42 Å². The number of ether oxygens (including phenoxy) is 2. The van der Waals surface area contributed by atoms with Crippen molar-refractivity contribution in [1.82, 2.24) is 0 Å². The van der Waals surface area contributed by atoms with E-state index in [0.29, 0.717) is 12.8 Å². The monoisotopic (exact) mass is 602 g/mol. The van der Waals surface area contributed by atoms with Gasteiger partial charge in [-0.25, -0.2) is 4.79 Å². The van der Waals surface area contributed by atoms with Gasteiger partial charge in [-0.15, -0.1) is 0 Å². The average molecular weight is 603 g/mol. The molecule has 0 aromatic carbocycles. The molecule has 0 aliphatic rings. The molecule has 0 radical (unpaired) electrons. The van der Waals surface area contributed by atoms with Gasteiger partial charge in [-0.2, -0.15) is 8.42 Å². The van der Waals surface area contributed by atoms with Crippen LogP contribution in [-0.2, 0) is 48.4 Å². The van der Waals surface area contributed by atoms with Crippen molar-refractivity contribution < 1.29 is 128 Å². The number of rotatable bonds is 19. The van der Waals surface area contributed by atoms with Gasteiger partial charge in [0.05, 0.1) is 19.3 Å². The van der Waals surface area contributed by atoms with Crippen LogP contribution in [-0.4, -0.2) is 75.0 Å². The smallest absolute Gasteiger partial charge is 1.00 e. The van der Waals surface area contributed by atoms with Gasteiger partial charge in [-0.1, -0.05) is 58.3 Å². The van der Waals surface area contributed by atoms with E-state index >= 15 is 0 Å². The largest absolute Gasteiger partial charge is 1.00 e. The van der Waals surface area contributed by atoms with Crippen molar-refractivity contribution in [1.29, 1.82) is 0 Å². The Morgan fingerprint density at radius 3 is 1.62 bits per heavy atom. The van der Waals surface area contributed by atoms with Gasteiger partial charge in [0.2, 0.25) is 0 Å². The van der Waals surface area contributed by atoms with Crippen LogP contribution in [0, 0.1) is 0 Å². The molecule has 4 N–H and O–H groups in total. The molecule has 0 amide bonds. The zero-order chi connectivity index (χ0) is 28.6. The summed E-state index contributed by atoms with van der Waals surface area (Å²) in [5, 5.41) is 25.3. The van der Waals surface area contributed by atoms with Crippen LogP contribution in [0.2, 0.25) is 0 Å². The van der Waals surface area contributed by atoms with E-state index < -0.39 is 76.0 Å². The Balaban J connectivity index is -0.00000108. The summed E-state index contributed by atoms with van der Waals surface area (Å²) in [4.78, 5) is 69.5. The van der Waals surface area contributed by atoms with Crippen LogP contribution in [0.25, 0.3) is 0 Å². The molecule has 17 heteroatoms. The molecule has 39 heavy (non-hydrogen) atoms. The van der Waals surface area contributed by atoms with Gasteiger partial charge in [0.1, 0.15) is 0 Å². The van der Waals surface area contributed by atoms with Crippen LogP contribution in [0.3, 0.4) is 0 Å². The molecule has 216 valence electrons. The third kappa shape index (κ3) is 19.7. The molecule has 0 saturated carbocycles. The quantitative estimate of drug-likeness (QED) is 0.0359. The zero-order valence-corrected chi connectivity index (χ0v) is 27.4. The number of unbranched alkanes of at least 4 members (excludes halogenated alkanes) is 8. The van der Waals surface area contributed by atoms with Gasteiger partial charge in [-0.05, 0) is 6.42 Å². The maximum absolute atomic E-state index is 11.9. The van der Waals surface area contributed by atoms with E-state index in [4.69, 9.17) is 9.66 Å². The summed E-state index contributed by atoms with van der Waals surface area (Å²) in [6, 6.07) is 0. The molecule has 0 bridgehead atoms. The SMILES string of the molecule is CCCCCCCCCCCC(=O)OC(=O)CC(O)(CC(=O)OC(=O)C(CC(=O)O)S(=O)(=O)O)C(=O)O.[H-].[H-].[Na+].[Na+]. The van der Waals surface area contributed by atoms with E-state index in [-0.39, 0.29) is 68.4 Å². The number of hydrogen-bond acceptors (Lipinski definition) is 11. The molecule has 0 fully saturated rings. The molecule has 0 saturated heterocycles. The van der Waals surface area contributed by atoms with E-state index in [2.05, 4.69) is 16.4 Å². The maximum atomic E-state index is 11.9. The topological polar surface area (TPSA) is 236 Å². The van der Waals surface area contributed by atoms with Gasteiger partial charge in [0.15, 0.2) is 10.9 Å². The van der Waals surface area contributed by atoms with Crippen molar-refractivity contribution in [3.63, 3.8) is 0 Å². The van der Waals surface area contributed by atoms with Gasteiger partial charge in [-0.3, -0.25) is 28.5 Å². The third-order valence-corrected chi connectivity index (χ3v) is 6.26. The fraction of sp³-hybridized carbons (Fsp3) is 0.727. The molecule has 0 aromatic rings. The molecule has 0 heterocycles. The van der Waals surface area contributed by atoms with Crippen molar-refractivity contribution in [3.05, 3.63) is 0 Å². The fourth-order valence-corrected chi connectivity index (χ4v) is 3.81. The zero-order valence-electron chi connectivity index (χ0n) is 24.5. The predicted molar refractivity (Wildman–Crippen MR) is 126 cm³/mol. The summed E-state index contributed by atoms with van der Waals surface area (Å²) < 4.78 is 39.7. The Hall–Kier alpha value is -0.910. The van der Waals surface area contributed by atoms with Crippen LogP contribution in [0.15, 0.2) is 0 Å². The number of carboxylic acid groups (broad SMARTS) is 2. The minimum atomic E-state index is -5.31. The Morgan fingerprint density at radius 1 is 0.769 bits per heavy atom. The number of aliphatic hydroxyl groups is 1. The molecule has 14 nitrogen and oxygen atoms in total. The van der Waals surface area contributed by atoms with E-state index in [0.717, 1.165) is 32.1 Å². The van der Waals surface area contributed by atoms with Crippen molar-refractivity contribution in [3.8, 4) is 0 Å². The van der Waals surface area contributed by atoms with E-state index in [1.807, 2.05) is 0 Å². The molecule has 2 atom stereocenters. The van der Waals surface area contributed by atoms with Crippen LogP contribution in [0.4, 0.5) is 0 Å². The molecular formula is C22H36Na2O14S. The summed E-state index contributed by atoms with van der Waals surface area (Å²) in [5.74, 6) is -10.3. The second-order valence-electron chi connectivity index (χ2n) is 8.51. The molecule has 0 aliphatic heterocycles. The second kappa shape index (κ2) is 21.8. The normalized spacial score (nSPS) is 13.0. The minimum Gasteiger partial charge on any atom is -1.00 e. The van der Waals surface area contributed by atoms with E-state index in [9.17, 15) is 47.4 Å². The van der Waals surface area contributed by atoms with E-state index in [1.165, 1.54) is 12.8 Å². The van der Waals surface area contributed by atoms with Crippen LogP contribution in [0.1, 0.15) is 93.2 Å². The molecule has 0 aliphatic carbocycles. The number of hydrogen-bond donors (Lipinski definition) is 4. The summed E-state index contributed by atoms with van der Waals surface area (Å²) in [7, 11) is -5.31. The minimum absolute atomic E-state index is 0. The summed E-state index contributed by atoms with van der Waals surface area (Å²) in [5.41, 5.74) is -3.20. The van der Waals surface area contributed by atoms with Crippen molar-refractivity contribution in [2.75, 3.05) is 0 Å². The van der Waals surface area contributed by atoms with Crippen LogP contribution < -0.4 is 59.1 Å². The number of esters is 4. The fourth-order valence-electron chi connectivity index (χ4n) is 3.17. The van der Waals surface area contributed by atoms with Gasteiger partial charge < -0.3 is 27.6 Å². The maximum Gasteiger partial charge on any atom is 1.00 e. The Kier molecular flexibility index (Phi) is 23.8. The molecular weight excluding hydrogens is 566 g/mol. The van der Waals surface area contributed by atoms with Crippen LogP contribution in [0.5, 0.6) is 0 Å². The average Bonchev–Trinajstić information content (AvgIpc) is 2.74. The molecule has 0 rings (SSSR count). The van der Waals surface area contributed by atoms with Crippen molar-refractivity contribution in [2.24, 2.45) is 0 Å². The van der Waals surface area contributed by atoms with Crippen molar-refractivity contribution in [2.45, 2.75) is 101 Å². The standard InChI is InChI=1S/C22H34O14S.2Na.2H/c1-2-3-4-5-6-7-8-9-10-11-17(25)35-18(26)13-22(31,21(29)30)14-19(27)36-20(28)15(12-16(23)24)37(32,33)34;;;;/h15,31H,2-14H2,1H3,(H,23,24)(H,29,30)(H,32,33,34);;;;/q;2*+1;2*-1. The first kappa shape index (κ1) is 42.6. The molecule has 0 aromatic heterocycles. The Morgan fingerprint density at radius 2 is 1.21 bits per heavy atom. The Labute approximate surface area is 273 Å². The predicted octanol–water partition coefficient (Wildman–Crippen LogP) is -4.39. The summed E-state index contributed by atoms with van der Waals surface area (Å²) >= 11 is 0. The van der Waals surface area contributed by atoms with Gasteiger partial charge in [0.25, 0.3) is 10.1 Å². The number of carbonyl (C=O) groups is 6. The number of carbonyl (C=O) groups excluding carboxylic acids is 4. The summed E-state index contributed by atoms with van der Waals surface area (Å²) in [6.45, 7) is 2.12. The molecule has 2 unspecified atom stereocenters.